The first kappa shape index (κ1) is 14.8. The number of aromatic nitrogens is 2. The molecular formula is C19H18BrN5. The molecule has 126 valence electrons. The van der Waals surface area contributed by atoms with Crippen molar-refractivity contribution in [2.24, 2.45) is 5.10 Å². The van der Waals surface area contributed by atoms with Crippen LogP contribution in [0.1, 0.15) is 13.1 Å². The molecule has 5 rings (SSSR count). The van der Waals surface area contributed by atoms with E-state index in [1.54, 1.807) is 0 Å². The summed E-state index contributed by atoms with van der Waals surface area (Å²) in [5, 5.41) is 7.02. The summed E-state index contributed by atoms with van der Waals surface area (Å²) < 4.78 is 5.69. The van der Waals surface area contributed by atoms with Gasteiger partial charge in [-0.1, -0.05) is 28.1 Å². The SMILES string of the molecule is CC1NN=c2c3cccc4cc(N(C)C)n(c5cc(Br)ccc5n21)c43. The van der Waals surface area contributed by atoms with Gasteiger partial charge in [-0.25, -0.2) is 0 Å². The summed E-state index contributed by atoms with van der Waals surface area (Å²) in [6.45, 7) is 2.13. The summed E-state index contributed by atoms with van der Waals surface area (Å²) in [5.74, 6) is 1.16. The van der Waals surface area contributed by atoms with Gasteiger partial charge in [0.05, 0.1) is 16.6 Å². The molecule has 0 radical (unpaired) electrons. The summed E-state index contributed by atoms with van der Waals surface area (Å²) in [7, 11) is 4.17. The zero-order chi connectivity index (χ0) is 17.3. The molecule has 5 nitrogen and oxygen atoms in total. The third kappa shape index (κ3) is 1.91. The van der Waals surface area contributed by atoms with Crippen LogP contribution in [0.5, 0.6) is 0 Å². The standard InChI is InChI=1S/C19H18BrN5/c1-11-21-22-19-14-6-4-5-12-9-17(23(2)3)25(18(12)14)16-10-13(20)7-8-15(16)24(11)19/h4-11,21H,1-3H3. The van der Waals surface area contributed by atoms with E-state index in [-0.39, 0.29) is 6.17 Å². The molecule has 0 amide bonds. The molecule has 0 spiro atoms. The van der Waals surface area contributed by atoms with Gasteiger partial charge in [-0.3, -0.25) is 9.83 Å². The van der Waals surface area contributed by atoms with Crippen molar-refractivity contribution in [3.63, 3.8) is 0 Å². The van der Waals surface area contributed by atoms with Gasteiger partial charge in [-0.2, -0.15) is 5.10 Å². The van der Waals surface area contributed by atoms with Gasteiger partial charge in [-0.05, 0) is 37.3 Å². The fourth-order valence-corrected chi connectivity index (χ4v) is 4.19. The van der Waals surface area contributed by atoms with E-state index >= 15 is 0 Å². The second-order valence-corrected chi connectivity index (χ2v) is 7.63. The lowest BCUT2D eigenvalue weighted by Gasteiger charge is -2.14. The van der Waals surface area contributed by atoms with Gasteiger partial charge in [0.2, 0.25) is 0 Å². The van der Waals surface area contributed by atoms with Crippen LogP contribution < -0.4 is 15.8 Å². The number of nitrogens with one attached hydrogen (secondary N) is 1. The van der Waals surface area contributed by atoms with E-state index in [4.69, 9.17) is 0 Å². The molecule has 1 aliphatic heterocycles. The fraction of sp³-hybridized carbons (Fsp3) is 0.211. The van der Waals surface area contributed by atoms with Crippen LogP contribution in [0.2, 0.25) is 0 Å². The highest BCUT2D eigenvalue weighted by Crippen LogP contribution is 2.32. The molecule has 1 N–H and O–H groups in total. The number of halogens is 1. The van der Waals surface area contributed by atoms with Gasteiger partial charge in [-0.15, -0.1) is 0 Å². The predicted molar refractivity (Wildman–Crippen MR) is 106 cm³/mol. The molecule has 3 heterocycles. The Morgan fingerprint density at radius 2 is 1.96 bits per heavy atom. The van der Waals surface area contributed by atoms with Crippen LogP contribution in [-0.2, 0) is 0 Å². The van der Waals surface area contributed by atoms with Crippen molar-refractivity contribution in [2.45, 2.75) is 13.1 Å². The first-order valence-electron chi connectivity index (χ1n) is 8.31. The minimum absolute atomic E-state index is 0.109. The monoisotopic (exact) mass is 395 g/mol. The van der Waals surface area contributed by atoms with E-state index in [0.29, 0.717) is 0 Å². The minimum atomic E-state index is 0.109. The summed E-state index contributed by atoms with van der Waals surface area (Å²) in [5.41, 5.74) is 7.71. The molecule has 6 heteroatoms. The molecular weight excluding hydrogens is 378 g/mol. The Kier molecular flexibility index (Phi) is 2.98. The van der Waals surface area contributed by atoms with Crippen LogP contribution in [0.25, 0.3) is 27.3 Å². The van der Waals surface area contributed by atoms with Gasteiger partial charge in [0.15, 0.2) is 5.49 Å². The van der Waals surface area contributed by atoms with Crippen molar-refractivity contribution in [3.05, 3.63) is 52.4 Å². The lowest BCUT2D eigenvalue weighted by Crippen LogP contribution is -2.19. The number of benzene rings is 2. The predicted octanol–water partition coefficient (Wildman–Crippen LogP) is 3.81. The quantitative estimate of drug-likeness (QED) is 0.531. The van der Waals surface area contributed by atoms with E-state index in [1.165, 1.54) is 10.9 Å². The molecule has 1 atom stereocenters. The molecule has 0 fully saturated rings. The highest BCUT2D eigenvalue weighted by Gasteiger charge is 2.20. The smallest absolute Gasteiger partial charge is 0.164 e. The summed E-state index contributed by atoms with van der Waals surface area (Å²) in [6.07, 6.45) is 0.109. The minimum Gasteiger partial charge on any atom is -0.364 e. The Morgan fingerprint density at radius 3 is 2.76 bits per heavy atom. The Morgan fingerprint density at radius 1 is 1.12 bits per heavy atom. The van der Waals surface area contributed by atoms with Crippen LogP contribution in [0.4, 0.5) is 5.82 Å². The highest BCUT2D eigenvalue weighted by molar-refractivity contribution is 9.10. The normalized spacial score (nSPS) is 16.2. The second kappa shape index (κ2) is 5.02. The maximum atomic E-state index is 4.65. The second-order valence-electron chi connectivity index (χ2n) is 6.72. The molecule has 2 aromatic heterocycles. The Labute approximate surface area is 153 Å². The van der Waals surface area contributed by atoms with Crippen LogP contribution in [0.3, 0.4) is 0 Å². The van der Waals surface area contributed by atoms with Crippen molar-refractivity contribution in [1.29, 1.82) is 0 Å². The number of hydrogen-bond acceptors (Lipinski definition) is 3. The van der Waals surface area contributed by atoms with Crippen LogP contribution in [0.15, 0.2) is 52.0 Å². The van der Waals surface area contributed by atoms with Crippen molar-refractivity contribution in [3.8, 4) is 0 Å². The largest absolute Gasteiger partial charge is 0.364 e. The average molecular weight is 396 g/mol. The number of fused-ring (bicyclic) bond motifs is 5. The number of rotatable bonds is 1. The van der Waals surface area contributed by atoms with E-state index in [1.807, 2.05) is 0 Å². The van der Waals surface area contributed by atoms with Crippen molar-refractivity contribution < 1.29 is 0 Å². The molecule has 1 aliphatic rings. The Hall–Kier alpha value is -2.47. The summed E-state index contributed by atoms with van der Waals surface area (Å²) >= 11 is 3.65. The van der Waals surface area contributed by atoms with Crippen LogP contribution in [-0.4, -0.2) is 23.1 Å². The van der Waals surface area contributed by atoms with Gasteiger partial charge in [0.1, 0.15) is 12.0 Å². The van der Waals surface area contributed by atoms with E-state index in [9.17, 15) is 0 Å². The van der Waals surface area contributed by atoms with E-state index < -0.39 is 0 Å². The van der Waals surface area contributed by atoms with Gasteiger partial charge in [0, 0.05) is 29.3 Å². The molecule has 0 aliphatic carbocycles. The van der Waals surface area contributed by atoms with Gasteiger partial charge < -0.3 is 9.47 Å². The molecule has 1 unspecified atom stereocenters. The molecule has 4 aromatic rings. The summed E-state index contributed by atoms with van der Waals surface area (Å²) in [4.78, 5) is 2.16. The number of anilines is 1. The van der Waals surface area contributed by atoms with E-state index in [0.717, 1.165) is 32.2 Å². The molecule has 0 saturated heterocycles. The number of nitrogens with zero attached hydrogens (tertiary/aromatic N) is 4. The third-order valence-corrected chi connectivity index (χ3v) is 5.41. The van der Waals surface area contributed by atoms with Gasteiger partial charge in [0.25, 0.3) is 0 Å². The number of para-hydroxylation sites is 1. The highest BCUT2D eigenvalue weighted by atomic mass is 79.9. The van der Waals surface area contributed by atoms with E-state index in [2.05, 4.69) is 104 Å². The average Bonchev–Trinajstić information content (AvgIpc) is 3.12. The fourth-order valence-electron chi connectivity index (χ4n) is 3.84. The third-order valence-electron chi connectivity index (χ3n) is 4.91. The molecule has 0 bridgehead atoms. The maximum absolute atomic E-state index is 4.65. The summed E-state index contributed by atoms with van der Waals surface area (Å²) in [6, 6.07) is 15.1. The first-order valence-corrected chi connectivity index (χ1v) is 9.10. The lowest BCUT2D eigenvalue weighted by atomic mass is 10.2. The molecule has 2 aromatic carbocycles. The van der Waals surface area contributed by atoms with Crippen molar-refractivity contribution in [1.82, 2.24) is 14.4 Å². The maximum Gasteiger partial charge on any atom is 0.164 e. The lowest BCUT2D eigenvalue weighted by molar-refractivity contribution is 0.509. The Balaban J connectivity index is 2.23. The molecule has 0 saturated carbocycles. The number of hydrogen-bond donors (Lipinski definition) is 1. The van der Waals surface area contributed by atoms with Crippen LogP contribution >= 0.6 is 15.9 Å². The first-order chi connectivity index (χ1) is 12.1. The topological polar surface area (TPSA) is 37.0 Å². The zero-order valence-corrected chi connectivity index (χ0v) is 15.9. The van der Waals surface area contributed by atoms with Crippen LogP contribution in [0, 0.1) is 0 Å². The van der Waals surface area contributed by atoms with Crippen molar-refractivity contribution >= 4 is 49.1 Å². The Bertz CT molecular complexity index is 1230. The van der Waals surface area contributed by atoms with Crippen molar-refractivity contribution in [2.75, 3.05) is 19.0 Å². The van der Waals surface area contributed by atoms with Gasteiger partial charge >= 0.3 is 0 Å². The molecule has 25 heavy (non-hydrogen) atoms. The zero-order valence-electron chi connectivity index (χ0n) is 14.3.